The van der Waals surface area contributed by atoms with Crippen molar-refractivity contribution >= 4 is 33.8 Å². The summed E-state index contributed by atoms with van der Waals surface area (Å²) >= 11 is 8.77. The Morgan fingerprint density at radius 2 is 2.19 bits per heavy atom. The molecule has 0 radical (unpaired) electrons. The first kappa shape index (κ1) is 14.3. The molecular weight excluding hydrogens is 354 g/mol. The van der Waals surface area contributed by atoms with Gasteiger partial charge in [0.05, 0.1) is 9.40 Å². The van der Waals surface area contributed by atoms with Gasteiger partial charge in [0, 0.05) is 29.3 Å². The maximum atomic E-state index is 10.9. The third kappa shape index (κ3) is 2.75. The predicted octanol–water partition coefficient (Wildman–Crippen LogP) is 4.66. The van der Waals surface area contributed by atoms with E-state index in [0.717, 1.165) is 28.6 Å². The fourth-order valence-corrected chi connectivity index (χ4v) is 2.95. The minimum Gasteiger partial charge on any atom is -0.342 e. The third-order valence-electron chi connectivity index (χ3n) is 3.56. The van der Waals surface area contributed by atoms with Gasteiger partial charge in [-0.05, 0) is 41.3 Å². The van der Waals surface area contributed by atoms with E-state index in [1.165, 1.54) is 12.1 Å². The molecule has 1 saturated carbocycles. The van der Waals surface area contributed by atoms with Gasteiger partial charge in [0.25, 0.3) is 5.69 Å². The molecule has 1 fully saturated rings. The van der Waals surface area contributed by atoms with E-state index >= 15 is 0 Å². The highest BCUT2D eigenvalue weighted by Gasteiger charge is 2.28. The number of aryl methyl sites for hydroxylation is 1. The maximum Gasteiger partial charge on any atom is 0.270 e. The van der Waals surface area contributed by atoms with Gasteiger partial charge >= 0.3 is 0 Å². The Morgan fingerprint density at radius 3 is 2.81 bits per heavy atom. The van der Waals surface area contributed by atoms with Crippen molar-refractivity contribution in [2.75, 3.05) is 0 Å². The first-order chi connectivity index (χ1) is 9.97. The van der Waals surface area contributed by atoms with Gasteiger partial charge in [-0.1, -0.05) is 18.3 Å². The van der Waals surface area contributed by atoms with Crippen molar-refractivity contribution in [3.05, 3.63) is 48.7 Å². The summed E-state index contributed by atoms with van der Waals surface area (Å²) in [4.78, 5) is 18.2. The zero-order valence-electron chi connectivity index (χ0n) is 11.2. The monoisotopic (exact) mass is 365 g/mol. The molecule has 0 atom stereocenters. The quantitative estimate of drug-likeness (QED) is 0.487. The van der Waals surface area contributed by atoms with Crippen LogP contribution in [0, 0.1) is 21.7 Å². The van der Waals surface area contributed by atoms with E-state index in [1.807, 2.05) is 6.92 Å². The van der Waals surface area contributed by atoms with Gasteiger partial charge in [-0.25, -0.2) is 4.98 Å². The molecule has 0 bridgehead atoms. The Balaban J connectivity index is 2.18. The normalized spacial score (nSPS) is 14.2. The number of nitrogens with one attached hydrogen (secondary N) is 1. The van der Waals surface area contributed by atoms with E-state index in [0.29, 0.717) is 21.9 Å². The van der Waals surface area contributed by atoms with Crippen LogP contribution in [0.2, 0.25) is 0 Å². The summed E-state index contributed by atoms with van der Waals surface area (Å²) < 4.78 is 1.31. The molecule has 1 aromatic heterocycles. The fourth-order valence-electron chi connectivity index (χ4n) is 2.24. The van der Waals surface area contributed by atoms with Gasteiger partial charge in [0.2, 0.25) is 0 Å². The summed E-state index contributed by atoms with van der Waals surface area (Å²) in [5, 5.41) is 10.9. The van der Waals surface area contributed by atoms with Gasteiger partial charge < -0.3 is 4.98 Å². The second kappa shape index (κ2) is 5.31. The number of benzene rings is 1. The number of hydrogen-bond acceptors (Lipinski definition) is 4. The largest absolute Gasteiger partial charge is 0.342 e. The summed E-state index contributed by atoms with van der Waals surface area (Å²) in [6.07, 6.45) is 2.25. The number of halogens is 1. The number of aromatic amines is 1. The van der Waals surface area contributed by atoms with Gasteiger partial charge in [0.1, 0.15) is 10.5 Å². The van der Waals surface area contributed by atoms with Crippen LogP contribution in [-0.4, -0.2) is 14.9 Å². The lowest BCUT2D eigenvalue weighted by Gasteiger charge is -2.09. The molecule has 0 unspecified atom stereocenters. The number of rotatable bonds is 3. The van der Waals surface area contributed by atoms with Crippen LogP contribution >= 0.6 is 28.1 Å². The van der Waals surface area contributed by atoms with Crippen molar-refractivity contribution in [2.45, 2.75) is 25.7 Å². The molecule has 0 amide bonds. The summed E-state index contributed by atoms with van der Waals surface area (Å²) in [5.74, 6) is 1.06. The molecule has 2 aromatic rings. The molecule has 1 aliphatic rings. The van der Waals surface area contributed by atoms with Crippen molar-refractivity contribution in [3.63, 3.8) is 0 Å². The number of nitro benzene ring substituents is 1. The van der Waals surface area contributed by atoms with Crippen LogP contribution in [0.25, 0.3) is 11.4 Å². The second-order valence-electron chi connectivity index (χ2n) is 5.15. The van der Waals surface area contributed by atoms with E-state index < -0.39 is 4.92 Å². The van der Waals surface area contributed by atoms with Crippen molar-refractivity contribution < 1.29 is 4.92 Å². The molecule has 1 aliphatic carbocycles. The zero-order valence-corrected chi connectivity index (χ0v) is 13.6. The molecule has 21 heavy (non-hydrogen) atoms. The lowest BCUT2D eigenvalue weighted by atomic mass is 10.1. The summed E-state index contributed by atoms with van der Waals surface area (Å²) in [6.45, 7) is 1.90. The van der Waals surface area contributed by atoms with E-state index in [1.54, 1.807) is 6.07 Å². The Bertz CT molecular complexity index is 799. The van der Waals surface area contributed by atoms with Crippen LogP contribution < -0.4 is 0 Å². The van der Waals surface area contributed by atoms with E-state index in [9.17, 15) is 10.1 Å². The van der Waals surface area contributed by atoms with E-state index in [-0.39, 0.29) is 5.69 Å². The Kier molecular flexibility index (Phi) is 3.62. The number of nitrogens with zero attached hydrogens (tertiary/aromatic N) is 2. The smallest absolute Gasteiger partial charge is 0.270 e. The van der Waals surface area contributed by atoms with E-state index in [4.69, 9.17) is 12.2 Å². The lowest BCUT2D eigenvalue weighted by Crippen LogP contribution is -1.99. The van der Waals surface area contributed by atoms with Crippen molar-refractivity contribution in [2.24, 2.45) is 0 Å². The van der Waals surface area contributed by atoms with Gasteiger partial charge in [-0.3, -0.25) is 10.1 Å². The van der Waals surface area contributed by atoms with Crippen LogP contribution in [0.3, 0.4) is 0 Å². The first-order valence-corrected chi connectivity index (χ1v) is 7.72. The Labute approximate surface area is 134 Å². The SMILES string of the molecule is Cc1ccc([N+](=O)[O-])cc1-c1nc(=S)c(Br)c(C2CC2)[nH]1. The first-order valence-electron chi connectivity index (χ1n) is 6.52. The number of hydrogen-bond donors (Lipinski definition) is 1. The summed E-state index contributed by atoms with van der Waals surface area (Å²) in [7, 11) is 0. The number of aromatic nitrogens is 2. The molecule has 3 rings (SSSR count). The maximum absolute atomic E-state index is 10.9. The average molecular weight is 366 g/mol. The van der Waals surface area contributed by atoms with Crippen LogP contribution in [0.15, 0.2) is 22.7 Å². The Hall–Kier alpha value is -1.60. The van der Waals surface area contributed by atoms with Gasteiger partial charge in [0.15, 0.2) is 0 Å². The van der Waals surface area contributed by atoms with E-state index in [2.05, 4.69) is 25.9 Å². The minimum absolute atomic E-state index is 0.0487. The third-order valence-corrected chi connectivity index (χ3v) is 4.92. The molecule has 1 heterocycles. The molecule has 1 N–H and O–H groups in total. The molecule has 7 heteroatoms. The van der Waals surface area contributed by atoms with Crippen molar-refractivity contribution in [1.82, 2.24) is 9.97 Å². The second-order valence-corrected chi connectivity index (χ2v) is 6.33. The molecule has 0 aliphatic heterocycles. The molecule has 5 nitrogen and oxygen atoms in total. The number of H-pyrrole nitrogens is 1. The Morgan fingerprint density at radius 1 is 1.48 bits per heavy atom. The highest BCUT2D eigenvalue weighted by molar-refractivity contribution is 9.10. The van der Waals surface area contributed by atoms with Crippen molar-refractivity contribution in [3.8, 4) is 11.4 Å². The summed E-state index contributed by atoms with van der Waals surface area (Å²) in [5.41, 5.74) is 2.72. The van der Waals surface area contributed by atoms with Crippen LogP contribution in [-0.2, 0) is 0 Å². The van der Waals surface area contributed by atoms with Gasteiger partial charge in [-0.15, -0.1) is 0 Å². The lowest BCUT2D eigenvalue weighted by molar-refractivity contribution is -0.384. The highest BCUT2D eigenvalue weighted by atomic mass is 79.9. The standard InChI is InChI=1S/C14H12BrN3O2S/c1-7-2-5-9(18(19)20)6-10(7)13-16-12(8-3-4-8)11(15)14(21)17-13/h2,5-6,8H,3-4H2,1H3,(H,16,17,21). The van der Waals surface area contributed by atoms with Crippen molar-refractivity contribution in [1.29, 1.82) is 0 Å². The van der Waals surface area contributed by atoms with Crippen LogP contribution in [0.5, 0.6) is 0 Å². The average Bonchev–Trinajstić information content (AvgIpc) is 3.26. The zero-order chi connectivity index (χ0) is 15.1. The summed E-state index contributed by atoms with van der Waals surface area (Å²) in [6, 6.07) is 4.76. The van der Waals surface area contributed by atoms with Gasteiger partial charge in [-0.2, -0.15) is 0 Å². The molecule has 108 valence electrons. The number of nitro groups is 1. The van der Waals surface area contributed by atoms with Crippen LogP contribution in [0.1, 0.15) is 30.0 Å². The van der Waals surface area contributed by atoms with Crippen LogP contribution in [0.4, 0.5) is 5.69 Å². The molecule has 1 aromatic carbocycles. The minimum atomic E-state index is -0.405. The predicted molar refractivity (Wildman–Crippen MR) is 85.9 cm³/mol. The topological polar surface area (TPSA) is 71.8 Å². The molecule has 0 saturated heterocycles. The molecule has 0 spiro atoms. The number of non-ortho nitro benzene ring substituents is 1. The fraction of sp³-hybridized carbons (Fsp3) is 0.286. The highest BCUT2D eigenvalue weighted by Crippen LogP contribution is 2.43. The molecular formula is C14H12BrN3O2S.